The quantitative estimate of drug-likeness (QED) is 0.658. The standard InChI is InChI=1S/C8H8ClN/c9-8-4-2-1-3-7(8)5-6-10/h1-6H,10H2. The molecule has 1 nitrogen and oxygen atoms in total. The molecule has 10 heavy (non-hydrogen) atoms. The van der Waals surface area contributed by atoms with Gasteiger partial charge in [0.15, 0.2) is 0 Å². The third-order valence-electron chi connectivity index (χ3n) is 1.18. The highest BCUT2D eigenvalue weighted by atomic mass is 35.5. The molecule has 1 aromatic carbocycles. The smallest absolute Gasteiger partial charge is 0.0478 e. The Morgan fingerprint density at radius 3 is 2.60 bits per heavy atom. The van der Waals surface area contributed by atoms with Crippen LogP contribution < -0.4 is 5.73 Å². The van der Waals surface area contributed by atoms with Crippen LogP contribution in [0.3, 0.4) is 0 Å². The third-order valence-corrected chi connectivity index (χ3v) is 1.53. The molecular formula is C8H8ClN. The first-order chi connectivity index (χ1) is 4.84. The zero-order valence-electron chi connectivity index (χ0n) is 5.42. The molecule has 2 heteroatoms. The average molecular weight is 154 g/mol. The van der Waals surface area contributed by atoms with Gasteiger partial charge >= 0.3 is 0 Å². The topological polar surface area (TPSA) is 26.0 Å². The minimum absolute atomic E-state index is 0.726. The first-order valence-corrected chi connectivity index (χ1v) is 3.35. The van der Waals surface area contributed by atoms with Crippen LogP contribution in [0.2, 0.25) is 5.02 Å². The maximum Gasteiger partial charge on any atom is 0.0478 e. The van der Waals surface area contributed by atoms with Crippen LogP contribution in [0.15, 0.2) is 30.5 Å². The Bertz CT molecular complexity index is 243. The van der Waals surface area contributed by atoms with Crippen LogP contribution in [0.25, 0.3) is 6.08 Å². The Morgan fingerprint density at radius 2 is 2.00 bits per heavy atom. The van der Waals surface area contributed by atoms with Gasteiger partial charge in [-0.3, -0.25) is 0 Å². The van der Waals surface area contributed by atoms with Crippen molar-refractivity contribution in [2.45, 2.75) is 0 Å². The molecular weight excluding hydrogens is 146 g/mol. The van der Waals surface area contributed by atoms with Gasteiger partial charge in [0.1, 0.15) is 0 Å². The summed E-state index contributed by atoms with van der Waals surface area (Å²) >= 11 is 5.80. The number of halogens is 1. The Kier molecular flexibility index (Phi) is 2.35. The van der Waals surface area contributed by atoms with Crippen molar-refractivity contribution in [1.82, 2.24) is 0 Å². The van der Waals surface area contributed by atoms with Crippen molar-refractivity contribution in [2.24, 2.45) is 5.73 Å². The highest BCUT2D eigenvalue weighted by Crippen LogP contribution is 2.15. The summed E-state index contributed by atoms with van der Waals surface area (Å²) in [6, 6.07) is 7.54. The largest absolute Gasteiger partial charge is 0.405 e. The van der Waals surface area contributed by atoms with E-state index in [0.29, 0.717) is 0 Å². The summed E-state index contributed by atoms with van der Waals surface area (Å²) in [6.07, 6.45) is 3.24. The van der Waals surface area contributed by atoms with Gasteiger partial charge in [-0.15, -0.1) is 0 Å². The van der Waals surface area contributed by atoms with Crippen LogP contribution in [0.5, 0.6) is 0 Å². The zero-order valence-corrected chi connectivity index (χ0v) is 6.18. The van der Waals surface area contributed by atoms with Gasteiger partial charge in [-0.05, 0) is 23.9 Å². The molecule has 1 aromatic rings. The van der Waals surface area contributed by atoms with Gasteiger partial charge < -0.3 is 5.73 Å². The molecule has 0 aliphatic carbocycles. The molecule has 0 atom stereocenters. The summed E-state index contributed by atoms with van der Waals surface area (Å²) in [4.78, 5) is 0. The van der Waals surface area contributed by atoms with Crippen molar-refractivity contribution in [3.05, 3.63) is 41.1 Å². The molecule has 1 rings (SSSR count). The summed E-state index contributed by atoms with van der Waals surface area (Å²) in [7, 11) is 0. The molecule has 0 saturated heterocycles. The lowest BCUT2D eigenvalue weighted by atomic mass is 10.2. The van der Waals surface area contributed by atoms with E-state index in [4.69, 9.17) is 17.3 Å². The summed E-state index contributed by atoms with van der Waals surface area (Å²) in [5, 5.41) is 0.726. The minimum Gasteiger partial charge on any atom is -0.405 e. The number of hydrogen-bond donors (Lipinski definition) is 1. The summed E-state index contributed by atoms with van der Waals surface area (Å²) in [5.41, 5.74) is 6.14. The number of rotatable bonds is 1. The van der Waals surface area contributed by atoms with E-state index in [1.165, 1.54) is 6.20 Å². The van der Waals surface area contributed by atoms with E-state index in [1.54, 1.807) is 6.08 Å². The molecule has 0 aliphatic rings. The molecule has 0 spiro atoms. The SMILES string of the molecule is NC=Cc1ccccc1Cl. The van der Waals surface area contributed by atoms with Gasteiger partial charge in [-0.1, -0.05) is 29.8 Å². The van der Waals surface area contributed by atoms with E-state index < -0.39 is 0 Å². The van der Waals surface area contributed by atoms with Crippen LogP contribution in [0.1, 0.15) is 5.56 Å². The first-order valence-electron chi connectivity index (χ1n) is 2.97. The monoisotopic (exact) mass is 153 g/mol. The molecule has 0 aliphatic heterocycles. The van der Waals surface area contributed by atoms with Gasteiger partial charge in [0.05, 0.1) is 0 Å². The molecule has 0 heterocycles. The maximum atomic E-state index is 5.80. The van der Waals surface area contributed by atoms with Crippen molar-refractivity contribution in [3.63, 3.8) is 0 Å². The second-order valence-electron chi connectivity index (χ2n) is 1.88. The Balaban J connectivity index is 3.03. The van der Waals surface area contributed by atoms with Crippen LogP contribution in [-0.2, 0) is 0 Å². The lowest BCUT2D eigenvalue weighted by Gasteiger charge is -1.93. The molecule has 0 bridgehead atoms. The zero-order chi connectivity index (χ0) is 7.40. The minimum atomic E-state index is 0.726. The Labute approximate surface area is 65.1 Å². The van der Waals surface area contributed by atoms with Gasteiger partial charge in [0, 0.05) is 5.02 Å². The van der Waals surface area contributed by atoms with Gasteiger partial charge in [0.25, 0.3) is 0 Å². The molecule has 0 fully saturated rings. The fourth-order valence-electron chi connectivity index (χ4n) is 0.714. The Morgan fingerprint density at radius 1 is 1.30 bits per heavy atom. The van der Waals surface area contributed by atoms with Gasteiger partial charge in [-0.25, -0.2) is 0 Å². The van der Waals surface area contributed by atoms with Crippen LogP contribution in [-0.4, -0.2) is 0 Å². The van der Waals surface area contributed by atoms with Gasteiger partial charge in [0.2, 0.25) is 0 Å². The summed E-state index contributed by atoms with van der Waals surface area (Å²) in [6.45, 7) is 0. The van der Waals surface area contributed by atoms with Crippen molar-refractivity contribution in [3.8, 4) is 0 Å². The highest BCUT2D eigenvalue weighted by Gasteiger charge is 1.90. The second kappa shape index (κ2) is 3.28. The van der Waals surface area contributed by atoms with Crippen molar-refractivity contribution in [2.75, 3.05) is 0 Å². The summed E-state index contributed by atoms with van der Waals surface area (Å²) < 4.78 is 0. The molecule has 0 unspecified atom stereocenters. The molecule has 2 N–H and O–H groups in total. The van der Waals surface area contributed by atoms with Gasteiger partial charge in [-0.2, -0.15) is 0 Å². The van der Waals surface area contributed by atoms with Crippen molar-refractivity contribution in [1.29, 1.82) is 0 Å². The highest BCUT2D eigenvalue weighted by molar-refractivity contribution is 6.32. The van der Waals surface area contributed by atoms with E-state index in [1.807, 2.05) is 24.3 Å². The normalized spacial score (nSPS) is 10.5. The lowest BCUT2D eigenvalue weighted by Crippen LogP contribution is -1.77. The average Bonchev–Trinajstić information content (AvgIpc) is 1.94. The maximum absolute atomic E-state index is 5.80. The predicted octanol–water partition coefficient (Wildman–Crippen LogP) is 2.27. The van der Waals surface area contributed by atoms with E-state index in [0.717, 1.165) is 10.6 Å². The Hall–Kier alpha value is -0.950. The molecule has 0 radical (unpaired) electrons. The van der Waals surface area contributed by atoms with Crippen molar-refractivity contribution < 1.29 is 0 Å². The van der Waals surface area contributed by atoms with E-state index in [2.05, 4.69) is 0 Å². The van der Waals surface area contributed by atoms with E-state index in [-0.39, 0.29) is 0 Å². The lowest BCUT2D eigenvalue weighted by molar-refractivity contribution is 1.60. The molecule has 52 valence electrons. The van der Waals surface area contributed by atoms with Crippen LogP contribution >= 0.6 is 11.6 Å². The molecule has 0 amide bonds. The fraction of sp³-hybridized carbons (Fsp3) is 0. The van der Waals surface area contributed by atoms with Crippen molar-refractivity contribution >= 4 is 17.7 Å². The number of nitrogens with two attached hydrogens (primary N) is 1. The number of benzene rings is 1. The third kappa shape index (κ3) is 1.52. The van der Waals surface area contributed by atoms with E-state index in [9.17, 15) is 0 Å². The second-order valence-corrected chi connectivity index (χ2v) is 2.29. The fourth-order valence-corrected chi connectivity index (χ4v) is 0.913. The van der Waals surface area contributed by atoms with Crippen LogP contribution in [0.4, 0.5) is 0 Å². The number of hydrogen-bond acceptors (Lipinski definition) is 1. The predicted molar refractivity (Wildman–Crippen MR) is 44.7 cm³/mol. The first kappa shape index (κ1) is 7.16. The molecule has 0 saturated carbocycles. The molecule has 0 aromatic heterocycles. The summed E-state index contributed by atoms with van der Waals surface area (Å²) in [5.74, 6) is 0. The van der Waals surface area contributed by atoms with Crippen LogP contribution in [0, 0.1) is 0 Å². The van der Waals surface area contributed by atoms with E-state index >= 15 is 0 Å².